The van der Waals surface area contributed by atoms with E-state index in [0.29, 0.717) is 34.2 Å². The van der Waals surface area contributed by atoms with Crippen LogP contribution in [0.2, 0.25) is 5.02 Å². The van der Waals surface area contributed by atoms with Gasteiger partial charge >= 0.3 is 12.3 Å². The zero-order valence-electron chi connectivity index (χ0n) is 22.6. The molecule has 1 fully saturated rings. The predicted octanol–water partition coefficient (Wildman–Crippen LogP) is 7.04. The second-order valence-electron chi connectivity index (χ2n) is 10.8. The number of likely N-dealkylation sites (N-methyl/N-ethyl adjacent to an activating group) is 1. The van der Waals surface area contributed by atoms with Crippen LogP contribution >= 0.6 is 22.9 Å². The average molecular weight is 606 g/mol. The fraction of sp³-hybridized carbons (Fsp3) is 0.321. The fourth-order valence-electron chi connectivity index (χ4n) is 4.41. The van der Waals surface area contributed by atoms with E-state index in [4.69, 9.17) is 16.3 Å². The number of fused-ring (bicyclic) bond motifs is 1. The van der Waals surface area contributed by atoms with Crippen LogP contribution in [0.25, 0.3) is 22.6 Å². The minimum absolute atomic E-state index is 0.0404. The van der Waals surface area contributed by atoms with Crippen LogP contribution in [0, 0.1) is 0 Å². The van der Waals surface area contributed by atoms with Crippen LogP contribution < -0.4 is 4.90 Å². The van der Waals surface area contributed by atoms with Gasteiger partial charge in [0.15, 0.2) is 5.13 Å². The molecular formula is C28H27ClF3N5O3S. The first kappa shape index (κ1) is 28.7. The van der Waals surface area contributed by atoms with Crippen molar-refractivity contribution in [2.45, 2.75) is 38.6 Å². The Bertz CT molecular complexity index is 1640. The maximum absolute atomic E-state index is 14.0. The summed E-state index contributed by atoms with van der Waals surface area (Å²) in [6.07, 6.45) is -2.07. The Hall–Kier alpha value is -3.77. The molecule has 0 spiro atoms. The molecule has 1 aliphatic heterocycles. The Balaban J connectivity index is 1.51. The molecule has 2 N–H and O–H groups in total. The third-order valence-electron chi connectivity index (χ3n) is 6.58. The monoisotopic (exact) mass is 605 g/mol. The van der Waals surface area contributed by atoms with E-state index < -0.39 is 23.4 Å². The Labute approximate surface area is 243 Å². The van der Waals surface area contributed by atoms with E-state index in [1.165, 1.54) is 18.2 Å². The van der Waals surface area contributed by atoms with Gasteiger partial charge in [-0.2, -0.15) is 23.3 Å². The molecule has 13 heteroatoms. The summed E-state index contributed by atoms with van der Waals surface area (Å²) in [6, 6.07) is 8.77. The molecule has 0 aliphatic carbocycles. The number of rotatable bonds is 5. The summed E-state index contributed by atoms with van der Waals surface area (Å²) in [6.45, 7) is 6.20. The van der Waals surface area contributed by atoms with Gasteiger partial charge in [-0.3, -0.25) is 5.10 Å². The molecule has 0 unspecified atom stereocenters. The van der Waals surface area contributed by atoms with E-state index in [0.717, 1.165) is 28.3 Å². The number of aromatic nitrogens is 3. The molecule has 0 saturated carbocycles. The van der Waals surface area contributed by atoms with Crippen molar-refractivity contribution in [2.75, 3.05) is 25.0 Å². The topological polar surface area (TPSA) is 94.6 Å². The summed E-state index contributed by atoms with van der Waals surface area (Å²) in [5, 5.41) is 19.0. The molecule has 2 aromatic carbocycles. The standard InChI is InChI=1S/C28H27ClF3N5O3S/c1-27(2,3)40-26(39)37-13-19(14-37)36(4)25-34-24(38)23(41-25)20(15-6-8-22-17(9-15)12-33-35-22)10-16-5-7-18(29)11-21(16)28(30,31)32/h5-12,19,38H,13-14H2,1-4H3,(H,33,35). The minimum Gasteiger partial charge on any atom is -0.492 e. The van der Waals surface area contributed by atoms with Crippen LogP contribution in [0.4, 0.5) is 23.1 Å². The lowest BCUT2D eigenvalue weighted by Gasteiger charge is -2.43. The zero-order valence-corrected chi connectivity index (χ0v) is 24.2. The smallest absolute Gasteiger partial charge is 0.417 e. The van der Waals surface area contributed by atoms with E-state index in [1.54, 1.807) is 57.1 Å². The molecule has 2 aromatic heterocycles. The summed E-state index contributed by atoms with van der Waals surface area (Å²) < 4.78 is 47.3. The maximum Gasteiger partial charge on any atom is 0.417 e. The van der Waals surface area contributed by atoms with Gasteiger partial charge in [0, 0.05) is 36.1 Å². The third-order valence-corrected chi connectivity index (χ3v) is 7.98. The largest absolute Gasteiger partial charge is 0.492 e. The molecule has 0 bridgehead atoms. The van der Waals surface area contributed by atoms with E-state index >= 15 is 0 Å². The molecule has 3 heterocycles. The molecule has 1 amide bonds. The molecular weight excluding hydrogens is 579 g/mol. The van der Waals surface area contributed by atoms with Gasteiger partial charge in [-0.25, -0.2) is 4.79 Å². The number of carbonyl (C=O) groups is 1. The number of aromatic hydroxyl groups is 1. The molecule has 0 radical (unpaired) electrons. The number of nitrogens with one attached hydrogen (secondary N) is 1. The van der Waals surface area contributed by atoms with Crippen molar-refractivity contribution in [3.8, 4) is 5.88 Å². The first-order valence-corrected chi connectivity index (χ1v) is 13.8. The second-order valence-corrected chi connectivity index (χ2v) is 12.2. The first-order valence-electron chi connectivity index (χ1n) is 12.6. The van der Waals surface area contributed by atoms with E-state index in [-0.39, 0.29) is 22.5 Å². The van der Waals surface area contributed by atoms with Gasteiger partial charge in [-0.15, -0.1) is 0 Å². The number of likely N-dealkylation sites (tertiary alicyclic amines) is 1. The lowest BCUT2D eigenvalue weighted by Crippen LogP contribution is -2.61. The number of hydrogen-bond acceptors (Lipinski definition) is 7. The quantitative estimate of drug-likeness (QED) is 0.237. The van der Waals surface area contributed by atoms with Crippen molar-refractivity contribution < 1.29 is 27.8 Å². The Morgan fingerprint density at radius 3 is 2.63 bits per heavy atom. The Kier molecular flexibility index (Phi) is 7.41. The predicted molar refractivity (Wildman–Crippen MR) is 153 cm³/mol. The number of H-pyrrole nitrogens is 1. The number of ether oxygens (including phenoxy) is 1. The van der Waals surface area contributed by atoms with Crippen molar-refractivity contribution in [3.05, 3.63) is 69.2 Å². The average Bonchev–Trinajstić information content (AvgIpc) is 3.46. The number of carbonyl (C=O) groups excluding carboxylic acids is 1. The highest BCUT2D eigenvalue weighted by atomic mass is 35.5. The Morgan fingerprint density at radius 2 is 1.95 bits per heavy atom. The molecule has 8 nitrogen and oxygen atoms in total. The zero-order chi connectivity index (χ0) is 29.7. The molecule has 41 heavy (non-hydrogen) atoms. The minimum atomic E-state index is -4.65. The summed E-state index contributed by atoms with van der Waals surface area (Å²) in [5.74, 6) is -0.318. The number of benzene rings is 2. The van der Waals surface area contributed by atoms with Gasteiger partial charge in [-0.1, -0.05) is 35.1 Å². The van der Waals surface area contributed by atoms with Gasteiger partial charge in [0.05, 0.1) is 23.3 Å². The number of aromatic amines is 1. The number of thiazole rings is 1. The third kappa shape index (κ3) is 6.13. The number of halogens is 4. The number of amides is 1. The number of hydrogen-bond donors (Lipinski definition) is 2. The second kappa shape index (κ2) is 10.6. The number of nitrogens with zero attached hydrogens (tertiary/aromatic N) is 4. The summed E-state index contributed by atoms with van der Waals surface area (Å²) in [5.41, 5.74) is 0.0461. The van der Waals surface area contributed by atoms with Gasteiger partial charge in [0.2, 0.25) is 5.88 Å². The van der Waals surface area contributed by atoms with Gasteiger partial charge in [0.1, 0.15) is 10.5 Å². The normalized spacial score (nSPS) is 14.8. The Morgan fingerprint density at radius 1 is 1.22 bits per heavy atom. The van der Waals surface area contributed by atoms with Crippen LogP contribution in [0.1, 0.15) is 42.3 Å². The first-order chi connectivity index (χ1) is 19.2. The highest BCUT2D eigenvalue weighted by molar-refractivity contribution is 7.17. The van der Waals surface area contributed by atoms with Crippen molar-refractivity contribution in [1.29, 1.82) is 0 Å². The lowest BCUT2D eigenvalue weighted by atomic mass is 9.98. The van der Waals surface area contributed by atoms with Crippen LogP contribution in [0.3, 0.4) is 0 Å². The molecule has 4 aromatic rings. The van der Waals surface area contributed by atoms with Crippen LogP contribution in [0.5, 0.6) is 5.88 Å². The van der Waals surface area contributed by atoms with Crippen molar-refractivity contribution in [2.24, 2.45) is 0 Å². The lowest BCUT2D eigenvalue weighted by molar-refractivity contribution is -0.137. The summed E-state index contributed by atoms with van der Waals surface area (Å²) in [7, 11) is 1.79. The van der Waals surface area contributed by atoms with Crippen LogP contribution in [-0.4, -0.2) is 63.1 Å². The molecule has 5 rings (SSSR count). The van der Waals surface area contributed by atoms with E-state index in [2.05, 4.69) is 15.2 Å². The highest BCUT2D eigenvalue weighted by Gasteiger charge is 2.37. The van der Waals surface area contributed by atoms with Gasteiger partial charge in [-0.05, 0) is 62.2 Å². The SMILES string of the molecule is CN(c1nc(O)c(C(=Cc2ccc(Cl)cc2C(F)(F)F)c2ccc3[nH]ncc3c2)s1)C1CN(C(=O)OC(C)(C)C)C1. The summed E-state index contributed by atoms with van der Waals surface area (Å²) in [4.78, 5) is 20.4. The molecule has 1 aliphatic rings. The molecule has 1 saturated heterocycles. The van der Waals surface area contributed by atoms with Crippen LogP contribution in [-0.2, 0) is 10.9 Å². The molecule has 0 atom stereocenters. The van der Waals surface area contributed by atoms with E-state index in [1.807, 2.05) is 4.90 Å². The fourth-order valence-corrected chi connectivity index (χ4v) is 5.61. The van der Waals surface area contributed by atoms with Gasteiger partial charge in [0.25, 0.3) is 0 Å². The number of anilines is 1. The van der Waals surface area contributed by atoms with Crippen molar-refractivity contribution in [3.63, 3.8) is 0 Å². The van der Waals surface area contributed by atoms with Gasteiger partial charge < -0.3 is 19.6 Å². The van der Waals surface area contributed by atoms with Crippen LogP contribution in [0.15, 0.2) is 42.6 Å². The summed E-state index contributed by atoms with van der Waals surface area (Å²) >= 11 is 7.04. The number of alkyl halides is 3. The maximum atomic E-state index is 14.0. The van der Waals surface area contributed by atoms with Crippen molar-refractivity contribution >= 4 is 56.7 Å². The highest BCUT2D eigenvalue weighted by Crippen LogP contribution is 2.43. The van der Waals surface area contributed by atoms with E-state index in [9.17, 15) is 23.1 Å². The molecule has 216 valence electrons. The van der Waals surface area contributed by atoms with Crippen molar-refractivity contribution in [1.82, 2.24) is 20.1 Å².